The number of aliphatic hydroxyl groups is 6. The summed E-state index contributed by atoms with van der Waals surface area (Å²) in [5.74, 6) is -17.2. The third-order valence-electron chi connectivity index (χ3n) is 21.4. The Morgan fingerprint density at radius 1 is 0.748 bits per heavy atom. The van der Waals surface area contributed by atoms with Gasteiger partial charge in [-0.25, -0.2) is 5.43 Å². The molecule has 676 valence electrons. The average molecular weight is 1810 g/mol. The van der Waals surface area contributed by atoms with Crippen LogP contribution >= 0.6 is 23.2 Å². The predicted octanol–water partition coefficient (Wildman–Crippen LogP) is 2.93. The van der Waals surface area contributed by atoms with Gasteiger partial charge >= 0.3 is 6.36 Å². The van der Waals surface area contributed by atoms with Crippen LogP contribution in [-0.2, 0) is 59.1 Å². The van der Waals surface area contributed by atoms with Gasteiger partial charge in [0.05, 0.1) is 53.0 Å². The number of nitrogens with one attached hydrogen (secondary N) is 11. The molecule has 6 aromatic carbocycles. The van der Waals surface area contributed by atoms with E-state index in [9.17, 15) is 83.6 Å². The van der Waals surface area contributed by atoms with Crippen LogP contribution in [0.1, 0.15) is 127 Å². The lowest BCUT2D eigenvalue weighted by Gasteiger charge is -2.48. The largest absolute Gasteiger partial charge is 0.573 e. The van der Waals surface area contributed by atoms with E-state index < -0.39 is 266 Å². The van der Waals surface area contributed by atoms with Gasteiger partial charge in [0.1, 0.15) is 101 Å². The van der Waals surface area contributed by atoms with Crippen molar-refractivity contribution < 1.29 is 135 Å². The second-order valence-corrected chi connectivity index (χ2v) is 31.9. The number of aliphatic hydroxyl groups excluding tert-OH is 6. The van der Waals surface area contributed by atoms with Crippen molar-refractivity contribution in [2.45, 2.75) is 176 Å². The molecule has 22 N–H and O–H groups in total. The van der Waals surface area contributed by atoms with E-state index in [-0.39, 0.29) is 66.2 Å². The maximum absolute atomic E-state index is 16.3. The Bertz CT molecular complexity index is 5410. The van der Waals surface area contributed by atoms with Gasteiger partial charge in [0, 0.05) is 72.8 Å². The Hall–Kier alpha value is -12.3. The van der Waals surface area contributed by atoms with Crippen molar-refractivity contribution in [3.63, 3.8) is 0 Å². The molecule has 9 amide bonds. The van der Waals surface area contributed by atoms with Crippen LogP contribution in [0.5, 0.6) is 51.7 Å². The molecule has 8 heterocycles. The summed E-state index contributed by atoms with van der Waals surface area (Å²) in [5.41, 5.74) is 6.54. The first-order chi connectivity index (χ1) is 60.2. The number of fused-ring (bicyclic) bond motifs is 15. The molecule has 44 heteroatoms. The number of amides is 9. The van der Waals surface area contributed by atoms with E-state index in [1.54, 1.807) is 20.8 Å². The molecule has 2 saturated heterocycles. The van der Waals surface area contributed by atoms with E-state index in [0.717, 1.165) is 84.9 Å². The van der Waals surface area contributed by atoms with Crippen molar-refractivity contribution in [1.82, 2.24) is 58.4 Å². The Kier molecular flexibility index (Phi) is 29.3. The molecule has 39 nitrogen and oxygen atoms in total. The maximum Gasteiger partial charge on any atom is 0.573 e. The number of carbonyl (C=O) groups excluding carboxylic acids is 9. The number of halogens is 5. The summed E-state index contributed by atoms with van der Waals surface area (Å²) in [6.07, 6.45) is -22.6. The molecule has 0 aliphatic carbocycles. The highest BCUT2D eigenvalue weighted by molar-refractivity contribution is 6.32. The van der Waals surface area contributed by atoms with Crippen LogP contribution < -0.4 is 83.4 Å². The number of ether oxygens (including phenoxy) is 7. The van der Waals surface area contributed by atoms with Gasteiger partial charge in [0.2, 0.25) is 53.4 Å². The molecule has 7 aliphatic heterocycles. The third kappa shape index (κ3) is 21.9. The number of aromatic nitrogens is 1. The summed E-state index contributed by atoms with van der Waals surface area (Å²) in [6.45, 7) is 5.24. The van der Waals surface area contributed by atoms with Crippen LogP contribution in [0.2, 0.25) is 10.0 Å². The number of phenolic OH excluding ortho intramolecular Hbond substituents is 3. The highest BCUT2D eigenvalue weighted by Crippen LogP contribution is 2.50. The van der Waals surface area contributed by atoms with Crippen LogP contribution in [0.3, 0.4) is 0 Å². The number of benzene rings is 6. The number of primary amides is 1. The average Bonchev–Trinajstić information content (AvgIpc) is 0.763. The molecule has 2 fully saturated rings. The van der Waals surface area contributed by atoms with Gasteiger partial charge in [-0.2, -0.15) is 5.26 Å². The maximum atomic E-state index is 16.3. The first-order valence-corrected chi connectivity index (χ1v) is 40.2. The second-order valence-electron chi connectivity index (χ2n) is 31.1. The SMILES string of the molecule is CN[C@H](CC(C)C)C(=O)N[C@H]1C(=O)N[C@@H](CC(N)=O)C(=O)N[C@H]2C(=O)N[C@H]3C(=O)N[C@H](C(=O)N[C@@H](C(=O)NNCCC#N)c4cc(O)cc(O)c4-c4cc3ccc4O)[C@H](O)c3ccc(c(Cl)c3)Oc3cc2cc(c3O[C@@H]2O[C@H](CO)[C@@H](O)[C@H](O)[C@H]2O[C@H]2C[C@](C)(NCc3cncc(C(=O)Nc4cccc(OC(F)(F)F)c4)c3)[C@H](O)[C@H](C)O2)Oc2ccc(cc2Cl)[C@H]1O. The predicted molar refractivity (Wildman–Crippen MR) is 436 cm³/mol. The van der Waals surface area contributed by atoms with E-state index in [0.29, 0.717) is 5.56 Å². The number of phenols is 3. The molecule has 0 saturated carbocycles. The van der Waals surface area contributed by atoms with E-state index in [4.69, 9.17) is 57.4 Å². The highest BCUT2D eigenvalue weighted by atomic mass is 35.5. The lowest BCUT2D eigenvalue weighted by molar-refractivity contribution is -0.334. The standard InChI is InChI=1S/C83H89Cl2F3N14O25/c1-34(2)18-49(91-5)74(114)100-64-66(108)38-11-14-53(47(84)21-38)122-55-23-40-24-56(70(55)126-81-71(69(111)68(110)57(33-103)124-81)125-59-29-82(4,72(112)35(3)121-59)93-31-36-19-41(32-92-30-36)73(113)95-42-8-6-9-44(25-42)127-83(86,87)88)123-54-15-12-39(22-48(54)85)67(109)65-79(119)99-63(80(120)102-94-17-7-16-89)46-26-43(104)27-52(106)60(46)45-20-37(10-13-51(45)105)61(76(116)101-65)98-77(117)62(40)97-75(115)50(28-58(90)107)96-78(64)118/h6,8-15,19-27,30,32,34-35,49-50,57,59,61-69,71-72,81,91,93-94,103-106,108-112H,7,17-18,28-29,31,33H2,1-5H3,(H2,90,107)(H,95,113)(H,96,118)(H,97,115)(H,98,117)(H,99,119)(H,100,114)(H,101,116)(H,102,120)/t35-,49+,50-,57+,59-,61+,62+,63+,64+,65-,66+,67+,68+,69-,71+,72+,81-,82-/m0/s1. The Morgan fingerprint density at radius 3 is 2.06 bits per heavy atom. The van der Waals surface area contributed by atoms with Crippen molar-refractivity contribution >= 4 is 82.1 Å². The topological polar surface area (TPSA) is 595 Å². The quantitative estimate of drug-likeness (QED) is 0.0343. The minimum Gasteiger partial charge on any atom is -0.508 e. The molecular formula is C83H89Cl2F3N14O25. The van der Waals surface area contributed by atoms with Crippen molar-refractivity contribution in [2.75, 3.05) is 25.5 Å². The van der Waals surface area contributed by atoms with Crippen molar-refractivity contribution in [1.29, 1.82) is 5.26 Å². The van der Waals surface area contributed by atoms with Crippen molar-refractivity contribution in [3.8, 4) is 68.9 Å². The molecule has 11 bridgehead atoms. The number of anilines is 1. The zero-order valence-electron chi connectivity index (χ0n) is 67.8. The lowest BCUT2D eigenvalue weighted by atomic mass is 9.84. The summed E-state index contributed by atoms with van der Waals surface area (Å²) < 4.78 is 82.6. The number of hydrogen-bond donors (Lipinski definition) is 21. The van der Waals surface area contributed by atoms with Gasteiger partial charge < -0.3 is 133 Å². The number of nitriles is 1. The monoisotopic (exact) mass is 1810 g/mol. The molecular weight excluding hydrogens is 1720 g/mol. The van der Waals surface area contributed by atoms with Crippen LogP contribution in [-0.4, -0.2) is 210 Å². The van der Waals surface area contributed by atoms with E-state index >= 15 is 24.0 Å². The number of nitrogens with zero attached hydrogens (tertiary/aromatic N) is 2. The highest BCUT2D eigenvalue weighted by Gasteiger charge is 2.53. The summed E-state index contributed by atoms with van der Waals surface area (Å²) >= 11 is 14.4. The van der Waals surface area contributed by atoms with Gasteiger partial charge in [0.15, 0.2) is 23.9 Å². The normalized spacial score (nSPS) is 25.7. The Morgan fingerprint density at radius 2 is 1.41 bits per heavy atom. The van der Waals surface area contributed by atoms with Crippen LogP contribution in [0.15, 0.2) is 122 Å². The van der Waals surface area contributed by atoms with Crippen LogP contribution in [0, 0.1) is 17.2 Å². The molecule has 18 atom stereocenters. The zero-order valence-corrected chi connectivity index (χ0v) is 69.3. The number of carbonyl (C=O) groups is 9. The Labute approximate surface area is 730 Å². The fourth-order valence-electron chi connectivity index (χ4n) is 15.0. The first kappa shape index (κ1) is 93.8. The van der Waals surface area contributed by atoms with Crippen molar-refractivity contribution in [2.24, 2.45) is 11.7 Å². The summed E-state index contributed by atoms with van der Waals surface area (Å²) in [7, 11) is 1.46. The van der Waals surface area contributed by atoms with E-state index in [1.165, 1.54) is 50.6 Å². The molecule has 127 heavy (non-hydrogen) atoms. The summed E-state index contributed by atoms with van der Waals surface area (Å²) in [5, 5.41) is 139. The fourth-order valence-corrected chi connectivity index (χ4v) is 15.4. The minimum atomic E-state index is -5.03. The zero-order chi connectivity index (χ0) is 91.9. The van der Waals surface area contributed by atoms with Gasteiger partial charge in [-0.1, -0.05) is 61.3 Å². The number of alkyl halides is 3. The smallest absolute Gasteiger partial charge is 0.508 e. The number of pyridine rings is 1. The van der Waals surface area contributed by atoms with Gasteiger partial charge in [-0.15, -0.1) is 13.2 Å². The number of hydrogen-bond acceptors (Lipinski definition) is 30. The van der Waals surface area contributed by atoms with Gasteiger partial charge in [-0.3, -0.25) is 53.6 Å². The molecule has 0 radical (unpaired) electrons. The first-order valence-electron chi connectivity index (χ1n) is 39.4. The number of aromatic hydroxyl groups is 3. The third-order valence-corrected chi connectivity index (χ3v) is 22.0. The summed E-state index contributed by atoms with van der Waals surface area (Å²) in [4.78, 5) is 138. The van der Waals surface area contributed by atoms with E-state index in [2.05, 4.69) is 68.4 Å². The molecule has 14 rings (SSSR count). The molecule has 7 aliphatic rings. The molecule has 0 unspecified atom stereocenters. The van der Waals surface area contributed by atoms with E-state index in [1.807, 2.05) is 6.07 Å². The molecule has 1 aromatic heterocycles. The lowest BCUT2D eigenvalue weighted by Crippen LogP contribution is -2.65. The van der Waals surface area contributed by atoms with Crippen LogP contribution in [0.25, 0.3) is 11.1 Å². The fraction of sp³-hybridized carbons (Fsp3) is 0.386. The number of likely N-dealkylation sites (N-methyl/N-ethyl adjacent to an activating group) is 1. The van der Waals surface area contributed by atoms with Crippen molar-refractivity contribution in [3.05, 3.63) is 171 Å². The van der Waals surface area contributed by atoms with Crippen LogP contribution in [0.4, 0.5) is 18.9 Å². The molecule has 7 aromatic rings. The number of nitrogens with two attached hydrogens (primary N) is 1. The second kappa shape index (κ2) is 39.7. The number of rotatable bonds is 22. The minimum absolute atomic E-state index is 0.0503. The summed E-state index contributed by atoms with van der Waals surface area (Å²) in [6, 6.07) is 6.93. The van der Waals surface area contributed by atoms with Gasteiger partial charge in [0.25, 0.3) is 11.8 Å². The Balaban J connectivity index is 1.01. The number of hydrazine groups is 1. The van der Waals surface area contributed by atoms with Gasteiger partial charge in [-0.05, 0) is 139 Å². The molecule has 0 spiro atoms.